The molecule has 0 spiro atoms. The number of hydrogen-bond acceptors (Lipinski definition) is 6. The molecule has 0 saturated carbocycles. The molecule has 124 valence electrons. The molecule has 1 N–H and O–H groups in total. The third-order valence-electron chi connectivity index (χ3n) is 3.55. The molecular weight excluding hydrogens is 309 g/mol. The van der Waals surface area contributed by atoms with E-state index in [4.69, 9.17) is 4.52 Å². The fraction of sp³-hybridized carbons (Fsp3) is 0.294. The highest BCUT2D eigenvalue weighted by Crippen LogP contribution is 2.11. The number of benzene rings is 1. The van der Waals surface area contributed by atoms with Crippen molar-refractivity contribution < 1.29 is 8.91 Å². The monoisotopic (exact) mass is 327 g/mol. The smallest absolute Gasteiger partial charge is 0.240 e. The highest BCUT2D eigenvalue weighted by molar-refractivity contribution is 5.20. The van der Waals surface area contributed by atoms with Gasteiger partial charge in [-0.25, -0.2) is 4.39 Å². The maximum absolute atomic E-state index is 13.6. The van der Waals surface area contributed by atoms with Crippen LogP contribution in [0.4, 0.5) is 4.39 Å². The molecule has 7 heteroatoms. The van der Waals surface area contributed by atoms with Gasteiger partial charge in [0.2, 0.25) is 5.89 Å². The Morgan fingerprint density at radius 3 is 2.92 bits per heavy atom. The van der Waals surface area contributed by atoms with Gasteiger partial charge in [0.15, 0.2) is 5.82 Å². The van der Waals surface area contributed by atoms with E-state index in [2.05, 4.69) is 25.4 Å². The fourth-order valence-electron chi connectivity index (χ4n) is 2.33. The summed E-state index contributed by atoms with van der Waals surface area (Å²) < 4.78 is 18.8. The van der Waals surface area contributed by atoms with Crippen LogP contribution in [-0.4, -0.2) is 26.2 Å². The maximum Gasteiger partial charge on any atom is 0.240 e. The number of nitrogens with zero attached hydrogens (tertiary/aromatic N) is 4. The van der Waals surface area contributed by atoms with Crippen LogP contribution >= 0.6 is 0 Å². The van der Waals surface area contributed by atoms with E-state index in [1.54, 1.807) is 36.8 Å². The third kappa shape index (κ3) is 4.42. The van der Waals surface area contributed by atoms with E-state index in [-0.39, 0.29) is 11.9 Å². The number of aromatic nitrogens is 4. The SMILES string of the molecule is C[C@@H](Cc1cnccn1)NCc1nc(Cc2ccccc2F)no1. The van der Waals surface area contributed by atoms with Gasteiger partial charge in [0.05, 0.1) is 12.2 Å². The molecule has 0 fully saturated rings. The lowest BCUT2D eigenvalue weighted by molar-refractivity contribution is 0.355. The Labute approximate surface area is 139 Å². The highest BCUT2D eigenvalue weighted by atomic mass is 19.1. The Kier molecular flexibility index (Phi) is 5.22. The fourth-order valence-corrected chi connectivity index (χ4v) is 2.33. The summed E-state index contributed by atoms with van der Waals surface area (Å²) in [5.41, 5.74) is 1.47. The molecule has 6 nitrogen and oxygen atoms in total. The normalized spacial score (nSPS) is 12.2. The Morgan fingerprint density at radius 1 is 1.25 bits per heavy atom. The summed E-state index contributed by atoms with van der Waals surface area (Å²) in [7, 11) is 0. The summed E-state index contributed by atoms with van der Waals surface area (Å²) in [6.45, 7) is 2.50. The number of rotatable bonds is 7. The average Bonchev–Trinajstić information content (AvgIpc) is 3.04. The van der Waals surface area contributed by atoms with Gasteiger partial charge < -0.3 is 9.84 Å². The van der Waals surface area contributed by atoms with Crippen LogP contribution in [0.15, 0.2) is 47.4 Å². The molecule has 0 bridgehead atoms. The minimum absolute atomic E-state index is 0.184. The second-order valence-electron chi connectivity index (χ2n) is 5.56. The van der Waals surface area contributed by atoms with Gasteiger partial charge in [-0.3, -0.25) is 9.97 Å². The van der Waals surface area contributed by atoms with E-state index in [0.29, 0.717) is 30.2 Å². The third-order valence-corrected chi connectivity index (χ3v) is 3.55. The van der Waals surface area contributed by atoms with Crippen molar-refractivity contribution in [3.63, 3.8) is 0 Å². The van der Waals surface area contributed by atoms with Gasteiger partial charge in [-0.05, 0) is 18.6 Å². The molecule has 0 amide bonds. The Bertz CT molecular complexity index is 777. The predicted octanol–water partition coefficient (Wildman–Crippen LogP) is 2.31. The Balaban J connectivity index is 1.52. The van der Waals surface area contributed by atoms with Crippen molar-refractivity contribution in [2.75, 3.05) is 0 Å². The van der Waals surface area contributed by atoms with Gasteiger partial charge in [0.1, 0.15) is 5.82 Å². The summed E-state index contributed by atoms with van der Waals surface area (Å²) in [5, 5.41) is 7.20. The van der Waals surface area contributed by atoms with Gasteiger partial charge in [-0.1, -0.05) is 23.4 Å². The Morgan fingerprint density at radius 2 is 2.12 bits per heavy atom. The lowest BCUT2D eigenvalue weighted by Crippen LogP contribution is -2.28. The number of nitrogens with one attached hydrogen (secondary N) is 1. The zero-order valence-electron chi connectivity index (χ0n) is 13.3. The molecule has 0 aliphatic heterocycles. The zero-order chi connectivity index (χ0) is 16.8. The molecule has 0 radical (unpaired) electrons. The van der Waals surface area contributed by atoms with Gasteiger partial charge in [0, 0.05) is 37.5 Å². The van der Waals surface area contributed by atoms with Crippen LogP contribution in [0.1, 0.15) is 29.9 Å². The minimum Gasteiger partial charge on any atom is -0.338 e. The highest BCUT2D eigenvalue weighted by Gasteiger charge is 2.11. The summed E-state index contributed by atoms with van der Waals surface area (Å²) in [4.78, 5) is 12.6. The second-order valence-corrected chi connectivity index (χ2v) is 5.56. The van der Waals surface area contributed by atoms with Crippen molar-refractivity contribution in [1.82, 2.24) is 25.4 Å². The largest absolute Gasteiger partial charge is 0.338 e. The first-order valence-electron chi connectivity index (χ1n) is 7.74. The minimum atomic E-state index is -0.264. The summed E-state index contributed by atoms with van der Waals surface area (Å²) >= 11 is 0. The van der Waals surface area contributed by atoms with Crippen LogP contribution in [0.3, 0.4) is 0 Å². The molecule has 0 aliphatic carbocycles. The molecule has 2 heterocycles. The molecule has 0 unspecified atom stereocenters. The van der Waals surface area contributed by atoms with Crippen molar-refractivity contribution >= 4 is 0 Å². The second kappa shape index (κ2) is 7.74. The molecule has 3 aromatic rings. The Hall–Kier alpha value is -2.67. The van der Waals surface area contributed by atoms with Crippen LogP contribution in [0.2, 0.25) is 0 Å². The van der Waals surface area contributed by atoms with Crippen molar-refractivity contribution in [3.05, 3.63) is 71.6 Å². The summed E-state index contributed by atoms with van der Waals surface area (Å²) in [6.07, 6.45) is 6.14. The molecule has 2 aromatic heterocycles. The number of hydrogen-bond donors (Lipinski definition) is 1. The molecule has 1 aromatic carbocycles. The van der Waals surface area contributed by atoms with E-state index in [0.717, 1.165) is 12.1 Å². The first-order valence-corrected chi connectivity index (χ1v) is 7.74. The van der Waals surface area contributed by atoms with Crippen LogP contribution < -0.4 is 5.32 Å². The van der Waals surface area contributed by atoms with E-state index < -0.39 is 0 Å². The number of halogens is 1. The van der Waals surface area contributed by atoms with Crippen molar-refractivity contribution in [3.8, 4) is 0 Å². The lowest BCUT2D eigenvalue weighted by atomic mass is 10.1. The first kappa shape index (κ1) is 16.2. The van der Waals surface area contributed by atoms with Crippen molar-refractivity contribution in [1.29, 1.82) is 0 Å². The zero-order valence-corrected chi connectivity index (χ0v) is 13.3. The molecular formula is C17H18FN5O. The first-order chi connectivity index (χ1) is 11.7. The van der Waals surface area contributed by atoms with Gasteiger partial charge >= 0.3 is 0 Å². The maximum atomic E-state index is 13.6. The molecule has 0 saturated heterocycles. The van der Waals surface area contributed by atoms with E-state index in [1.165, 1.54) is 6.07 Å². The average molecular weight is 327 g/mol. The molecule has 3 rings (SSSR count). The lowest BCUT2D eigenvalue weighted by Gasteiger charge is -2.10. The van der Waals surface area contributed by atoms with Gasteiger partial charge in [-0.15, -0.1) is 0 Å². The van der Waals surface area contributed by atoms with E-state index in [9.17, 15) is 4.39 Å². The topological polar surface area (TPSA) is 76.7 Å². The molecule has 24 heavy (non-hydrogen) atoms. The van der Waals surface area contributed by atoms with Gasteiger partial charge in [-0.2, -0.15) is 4.98 Å². The molecule has 1 atom stereocenters. The van der Waals surface area contributed by atoms with Crippen LogP contribution in [0.25, 0.3) is 0 Å². The summed E-state index contributed by atoms with van der Waals surface area (Å²) in [5.74, 6) is 0.686. The standard InChI is InChI=1S/C17H18FN5O/c1-12(8-14-10-19-6-7-20-14)21-11-17-22-16(23-24-17)9-13-4-2-3-5-15(13)18/h2-7,10,12,21H,8-9,11H2,1H3/t12-/m0/s1. The van der Waals surface area contributed by atoms with Crippen LogP contribution in [0.5, 0.6) is 0 Å². The van der Waals surface area contributed by atoms with E-state index >= 15 is 0 Å². The van der Waals surface area contributed by atoms with Crippen molar-refractivity contribution in [2.24, 2.45) is 0 Å². The predicted molar refractivity (Wildman–Crippen MR) is 85.5 cm³/mol. The van der Waals surface area contributed by atoms with E-state index in [1.807, 2.05) is 6.92 Å². The molecule has 0 aliphatic rings. The quantitative estimate of drug-likeness (QED) is 0.717. The van der Waals surface area contributed by atoms with Crippen LogP contribution in [0, 0.1) is 5.82 Å². The van der Waals surface area contributed by atoms with Crippen molar-refractivity contribution in [2.45, 2.75) is 32.4 Å². The van der Waals surface area contributed by atoms with Crippen LogP contribution in [-0.2, 0) is 19.4 Å². The summed E-state index contributed by atoms with van der Waals surface area (Å²) in [6, 6.07) is 6.76. The van der Waals surface area contributed by atoms with Gasteiger partial charge in [0.25, 0.3) is 0 Å².